The molecule has 4 heterocycles. The second-order valence-electron chi connectivity index (χ2n) is 7.33. The molecule has 0 amide bonds. The second-order valence-corrected chi connectivity index (χ2v) is 7.33. The van der Waals surface area contributed by atoms with E-state index >= 15 is 0 Å². The fraction of sp³-hybridized carbons (Fsp3) is 0.273. The fourth-order valence-electron chi connectivity index (χ4n) is 3.88. The summed E-state index contributed by atoms with van der Waals surface area (Å²) >= 11 is 0. The zero-order valence-electron chi connectivity index (χ0n) is 15.5. The van der Waals surface area contributed by atoms with Gasteiger partial charge in [0.25, 0.3) is 0 Å². The number of piperidine rings is 1. The summed E-state index contributed by atoms with van der Waals surface area (Å²) in [4.78, 5) is 7.14. The highest BCUT2D eigenvalue weighted by molar-refractivity contribution is 5.64. The van der Waals surface area contributed by atoms with Gasteiger partial charge in [0.05, 0.1) is 12.8 Å². The number of fused-ring (bicyclic) bond motifs is 1. The van der Waals surface area contributed by atoms with Crippen LogP contribution in [0.3, 0.4) is 0 Å². The minimum atomic E-state index is -0.238. The number of aromatic nitrogens is 3. The molecule has 1 aromatic carbocycles. The number of halogens is 1. The number of hydrogen-bond acceptors (Lipinski definition) is 4. The highest BCUT2D eigenvalue weighted by Crippen LogP contribution is 2.28. The van der Waals surface area contributed by atoms with Crippen LogP contribution in [-0.4, -0.2) is 32.6 Å². The first kappa shape index (κ1) is 17.1. The highest BCUT2D eigenvalue weighted by Gasteiger charge is 2.24. The van der Waals surface area contributed by atoms with Crippen molar-refractivity contribution in [3.8, 4) is 11.1 Å². The van der Waals surface area contributed by atoms with E-state index in [1.54, 1.807) is 12.3 Å². The molecule has 0 aliphatic carbocycles. The van der Waals surface area contributed by atoms with Gasteiger partial charge in [-0.25, -0.2) is 13.9 Å². The van der Waals surface area contributed by atoms with Gasteiger partial charge in [-0.3, -0.25) is 4.90 Å². The normalized spacial score (nSPS) is 16.0. The van der Waals surface area contributed by atoms with Gasteiger partial charge in [-0.15, -0.1) is 0 Å². The molecule has 1 fully saturated rings. The van der Waals surface area contributed by atoms with Crippen molar-refractivity contribution in [1.82, 2.24) is 19.5 Å². The zero-order valence-corrected chi connectivity index (χ0v) is 15.5. The van der Waals surface area contributed by atoms with Crippen LogP contribution >= 0.6 is 0 Å². The lowest BCUT2D eigenvalue weighted by Gasteiger charge is -2.29. The molecule has 4 aromatic rings. The minimum absolute atomic E-state index is 0.238. The quantitative estimate of drug-likeness (QED) is 0.526. The first-order chi connectivity index (χ1) is 13.7. The van der Waals surface area contributed by atoms with Crippen molar-refractivity contribution in [2.24, 2.45) is 0 Å². The van der Waals surface area contributed by atoms with Crippen molar-refractivity contribution < 1.29 is 8.81 Å². The van der Waals surface area contributed by atoms with Crippen LogP contribution in [0.2, 0.25) is 0 Å². The molecule has 1 aliphatic rings. The molecular formula is C22H21FN4O. The largest absolute Gasteiger partial charge is 0.468 e. The molecule has 0 radical (unpaired) electrons. The first-order valence-electron chi connectivity index (χ1n) is 9.61. The molecule has 0 saturated carbocycles. The van der Waals surface area contributed by atoms with Crippen LogP contribution < -0.4 is 0 Å². The van der Waals surface area contributed by atoms with Crippen molar-refractivity contribution in [1.29, 1.82) is 0 Å². The van der Waals surface area contributed by atoms with Gasteiger partial charge < -0.3 is 4.42 Å². The van der Waals surface area contributed by atoms with Gasteiger partial charge in [0.1, 0.15) is 11.6 Å². The molecule has 0 N–H and O–H groups in total. The first-order valence-corrected chi connectivity index (χ1v) is 9.61. The van der Waals surface area contributed by atoms with Crippen LogP contribution in [0, 0.1) is 5.82 Å². The molecule has 3 aromatic heterocycles. The highest BCUT2D eigenvalue weighted by atomic mass is 19.1. The standard InChI is InChI=1S/C22H21FN4O/c23-19-4-1-3-17(13-19)18-6-7-21-24-22(25-27(21)14-18)16-8-10-26(11-9-16)15-20-5-2-12-28-20/h1-7,12-14,16H,8-11,15H2. The van der Waals surface area contributed by atoms with Crippen molar-refractivity contribution in [3.05, 3.63) is 78.4 Å². The molecular weight excluding hydrogens is 355 g/mol. The third-order valence-corrected chi connectivity index (χ3v) is 5.42. The molecule has 5 nitrogen and oxygen atoms in total. The zero-order chi connectivity index (χ0) is 18.9. The van der Waals surface area contributed by atoms with Crippen molar-refractivity contribution in [2.75, 3.05) is 13.1 Å². The Hall–Kier alpha value is -2.99. The van der Waals surface area contributed by atoms with Crippen LogP contribution in [0.25, 0.3) is 16.8 Å². The molecule has 0 bridgehead atoms. The van der Waals surface area contributed by atoms with Gasteiger partial charge in [0, 0.05) is 17.7 Å². The average Bonchev–Trinajstić information content (AvgIpc) is 3.37. The minimum Gasteiger partial charge on any atom is -0.468 e. The summed E-state index contributed by atoms with van der Waals surface area (Å²) in [6.07, 6.45) is 5.72. The van der Waals surface area contributed by atoms with E-state index < -0.39 is 0 Å². The maximum atomic E-state index is 13.5. The number of rotatable bonds is 4. The number of furan rings is 1. The molecule has 1 saturated heterocycles. The smallest absolute Gasteiger partial charge is 0.155 e. The van der Waals surface area contributed by atoms with E-state index in [4.69, 9.17) is 14.5 Å². The van der Waals surface area contributed by atoms with Crippen molar-refractivity contribution in [3.63, 3.8) is 0 Å². The van der Waals surface area contributed by atoms with E-state index in [2.05, 4.69) is 4.90 Å². The summed E-state index contributed by atoms with van der Waals surface area (Å²) in [6.45, 7) is 2.88. The van der Waals surface area contributed by atoms with Gasteiger partial charge in [-0.2, -0.15) is 5.10 Å². The van der Waals surface area contributed by atoms with Crippen LogP contribution in [0.15, 0.2) is 65.4 Å². The lowest BCUT2D eigenvalue weighted by molar-refractivity contribution is 0.188. The van der Waals surface area contributed by atoms with Crippen LogP contribution in [-0.2, 0) is 6.54 Å². The van der Waals surface area contributed by atoms with E-state index in [9.17, 15) is 4.39 Å². The van der Waals surface area contributed by atoms with E-state index in [1.807, 2.05) is 41.0 Å². The number of hydrogen-bond donors (Lipinski definition) is 0. The predicted molar refractivity (Wildman–Crippen MR) is 104 cm³/mol. The van der Waals surface area contributed by atoms with Gasteiger partial charge >= 0.3 is 0 Å². The predicted octanol–water partition coefficient (Wildman–Crippen LogP) is 4.51. The van der Waals surface area contributed by atoms with Crippen molar-refractivity contribution >= 4 is 5.65 Å². The lowest BCUT2D eigenvalue weighted by atomic mass is 9.96. The van der Waals surface area contributed by atoms with E-state index in [0.29, 0.717) is 5.92 Å². The van der Waals surface area contributed by atoms with Crippen molar-refractivity contribution in [2.45, 2.75) is 25.3 Å². The maximum absolute atomic E-state index is 13.5. The fourth-order valence-corrected chi connectivity index (χ4v) is 3.88. The third kappa shape index (κ3) is 3.43. The Morgan fingerprint density at radius 1 is 1.04 bits per heavy atom. The molecule has 142 valence electrons. The Bertz CT molecular complexity index is 1080. The van der Waals surface area contributed by atoms with Gasteiger partial charge in [0.2, 0.25) is 0 Å². The monoisotopic (exact) mass is 376 g/mol. The molecule has 0 unspecified atom stereocenters. The number of likely N-dealkylation sites (tertiary alicyclic amines) is 1. The van der Waals surface area contributed by atoms with Crippen LogP contribution in [0.4, 0.5) is 4.39 Å². The summed E-state index contributed by atoms with van der Waals surface area (Å²) in [6, 6.07) is 14.5. The molecule has 1 aliphatic heterocycles. The molecule has 28 heavy (non-hydrogen) atoms. The van der Waals surface area contributed by atoms with E-state index in [-0.39, 0.29) is 5.82 Å². The molecule has 0 spiro atoms. The Morgan fingerprint density at radius 3 is 2.71 bits per heavy atom. The number of nitrogens with zero attached hydrogens (tertiary/aromatic N) is 4. The Balaban J connectivity index is 1.31. The average molecular weight is 376 g/mol. The SMILES string of the molecule is Fc1cccc(-c2ccc3nc(C4CCN(Cc5ccco5)CC4)nn3c2)c1. The Kier molecular flexibility index (Phi) is 4.41. The van der Waals surface area contributed by atoms with Crippen LogP contribution in [0.1, 0.15) is 30.3 Å². The molecule has 6 heteroatoms. The summed E-state index contributed by atoms with van der Waals surface area (Å²) in [5.74, 6) is 2.03. The second kappa shape index (κ2) is 7.20. The topological polar surface area (TPSA) is 46.6 Å². The summed E-state index contributed by atoms with van der Waals surface area (Å²) in [5.41, 5.74) is 2.59. The van der Waals surface area contributed by atoms with E-state index in [1.165, 1.54) is 12.1 Å². The maximum Gasteiger partial charge on any atom is 0.155 e. The van der Waals surface area contributed by atoms with Gasteiger partial charge in [-0.1, -0.05) is 12.1 Å². The molecule has 0 atom stereocenters. The van der Waals surface area contributed by atoms with E-state index in [0.717, 1.165) is 60.8 Å². The summed E-state index contributed by atoms with van der Waals surface area (Å²) < 4.78 is 20.8. The summed E-state index contributed by atoms with van der Waals surface area (Å²) in [7, 11) is 0. The van der Waals surface area contributed by atoms with Gasteiger partial charge in [-0.05, 0) is 67.9 Å². The Morgan fingerprint density at radius 2 is 1.93 bits per heavy atom. The lowest BCUT2D eigenvalue weighted by Crippen LogP contribution is -2.32. The number of benzene rings is 1. The van der Waals surface area contributed by atoms with Crippen LogP contribution in [0.5, 0.6) is 0 Å². The van der Waals surface area contributed by atoms with Gasteiger partial charge in [0.15, 0.2) is 11.5 Å². The Labute approximate surface area is 162 Å². The summed E-state index contributed by atoms with van der Waals surface area (Å²) in [5, 5.41) is 4.72. The third-order valence-electron chi connectivity index (χ3n) is 5.42. The number of pyridine rings is 1. The molecule has 5 rings (SSSR count).